The Morgan fingerprint density at radius 3 is 2.91 bits per heavy atom. The molecule has 162 valence electrons. The van der Waals surface area contributed by atoms with Gasteiger partial charge in [-0.15, -0.1) is 0 Å². The minimum absolute atomic E-state index is 0.0446. The van der Waals surface area contributed by atoms with Crippen molar-refractivity contribution in [2.45, 2.75) is 6.42 Å². The van der Waals surface area contributed by atoms with Crippen molar-refractivity contribution in [1.29, 1.82) is 0 Å². The van der Waals surface area contributed by atoms with Gasteiger partial charge in [0.1, 0.15) is 5.69 Å². The Hall–Kier alpha value is -3.79. The van der Waals surface area contributed by atoms with Gasteiger partial charge in [-0.25, -0.2) is 0 Å². The summed E-state index contributed by atoms with van der Waals surface area (Å²) >= 11 is 0.865. The highest BCUT2D eigenvalue weighted by Gasteiger charge is 2.34. The van der Waals surface area contributed by atoms with Gasteiger partial charge in [0.05, 0.1) is 11.3 Å². The van der Waals surface area contributed by atoms with E-state index in [4.69, 9.17) is 14.0 Å². The summed E-state index contributed by atoms with van der Waals surface area (Å²) in [4.78, 5) is 38.7. The molecule has 1 N–H and O–H groups in total. The maximum absolute atomic E-state index is 12.7. The average molecular weight is 451 g/mol. The molecule has 2 aliphatic heterocycles. The number of aromatic nitrogens is 1. The van der Waals surface area contributed by atoms with Crippen molar-refractivity contribution in [3.63, 3.8) is 0 Å². The molecule has 9 nitrogen and oxygen atoms in total. The van der Waals surface area contributed by atoms with E-state index in [2.05, 4.69) is 10.5 Å². The largest absolute Gasteiger partial charge is 0.454 e. The molecule has 0 aliphatic carbocycles. The maximum Gasteiger partial charge on any atom is 0.293 e. The molecule has 1 aromatic heterocycles. The number of nitrogens with zero attached hydrogens (tertiary/aromatic N) is 2. The van der Waals surface area contributed by atoms with Gasteiger partial charge in [0.25, 0.3) is 11.1 Å². The lowest BCUT2D eigenvalue weighted by atomic mass is 10.1. The van der Waals surface area contributed by atoms with Crippen molar-refractivity contribution in [1.82, 2.24) is 15.4 Å². The highest BCUT2D eigenvalue weighted by molar-refractivity contribution is 8.18. The summed E-state index contributed by atoms with van der Waals surface area (Å²) in [6, 6.07) is 12.6. The van der Waals surface area contributed by atoms with Crippen molar-refractivity contribution in [3.8, 4) is 11.5 Å². The normalized spacial score (nSPS) is 16.4. The molecule has 0 bridgehead atoms. The predicted octanol–water partition coefficient (Wildman–Crippen LogP) is 2.95. The summed E-state index contributed by atoms with van der Waals surface area (Å²) in [6.45, 7) is 0.381. The van der Waals surface area contributed by atoms with E-state index in [1.54, 1.807) is 30.3 Å². The number of hydrogen-bond donors (Lipinski definition) is 1. The third kappa shape index (κ3) is 3.92. The standard InChI is InChI=1S/C22H17N3O6S/c26-20(11-15-14-3-1-2-4-16(14)31-24-15)23-7-8-25-21(27)19(32-22(25)28)10-13-5-6-17-18(9-13)30-12-29-17/h1-6,9-10H,7-8,11-12H2,(H,23,26)/b19-10-. The van der Waals surface area contributed by atoms with Crippen molar-refractivity contribution >= 4 is 45.9 Å². The van der Waals surface area contributed by atoms with E-state index in [0.717, 1.165) is 27.6 Å². The number of hydrogen-bond acceptors (Lipinski definition) is 8. The molecule has 0 atom stereocenters. The van der Waals surface area contributed by atoms with E-state index in [1.165, 1.54) is 0 Å². The Morgan fingerprint density at radius 2 is 2.00 bits per heavy atom. The lowest BCUT2D eigenvalue weighted by Crippen LogP contribution is -2.37. The lowest BCUT2D eigenvalue weighted by Gasteiger charge is -2.12. The van der Waals surface area contributed by atoms with E-state index < -0.39 is 5.91 Å². The van der Waals surface area contributed by atoms with E-state index in [0.29, 0.717) is 27.7 Å². The molecule has 2 aromatic carbocycles. The minimum atomic E-state index is -0.394. The number of carbonyl (C=O) groups is 3. The maximum atomic E-state index is 12.7. The molecule has 0 spiro atoms. The van der Waals surface area contributed by atoms with Crippen LogP contribution in [0.5, 0.6) is 11.5 Å². The van der Waals surface area contributed by atoms with Gasteiger partial charge in [0.2, 0.25) is 12.7 Å². The molecule has 10 heteroatoms. The van der Waals surface area contributed by atoms with Crippen molar-refractivity contribution in [2.24, 2.45) is 0 Å². The molecule has 1 fully saturated rings. The quantitative estimate of drug-likeness (QED) is 0.570. The second-order valence-electron chi connectivity index (χ2n) is 7.10. The summed E-state index contributed by atoms with van der Waals surface area (Å²) in [5, 5.41) is 7.06. The van der Waals surface area contributed by atoms with E-state index in [-0.39, 0.29) is 37.4 Å². The predicted molar refractivity (Wildman–Crippen MR) is 116 cm³/mol. The average Bonchev–Trinajstić information content (AvgIpc) is 3.48. The Kier molecular flexibility index (Phi) is 5.28. The van der Waals surface area contributed by atoms with Gasteiger partial charge in [0, 0.05) is 18.5 Å². The second kappa shape index (κ2) is 8.39. The fourth-order valence-corrected chi connectivity index (χ4v) is 4.30. The number of amides is 3. The van der Waals surface area contributed by atoms with Gasteiger partial charge in [0.15, 0.2) is 17.1 Å². The van der Waals surface area contributed by atoms with Gasteiger partial charge in [-0.3, -0.25) is 19.3 Å². The molecule has 5 rings (SSSR count). The van der Waals surface area contributed by atoms with Gasteiger partial charge in [-0.05, 0) is 47.7 Å². The molecule has 3 aromatic rings. The van der Waals surface area contributed by atoms with Crippen molar-refractivity contribution < 1.29 is 28.4 Å². The number of nitrogens with one attached hydrogen (secondary N) is 1. The number of carbonyl (C=O) groups excluding carboxylic acids is 3. The molecular formula is C22H17N3O6S. The van der Waals surface area contributed by atoms with Crippen LogP contribution < -0.4 is 14.8 Å². The smallest absolute Gasteiger partial charge is 0.293 e. The van der Waals surface area contributed by atoms with Crippen LogP contribution >= 0.6 is 11.8 Å². The second-order valence-corrected chi connectivity index (χ2v) is 8.09. The van der Waals surface area contributed by atoms with Crippen LogP contribution in [0.4, 0.5) is 4.79 Å². The summed E-state index contributed by atoms with van der Waals surface area (Å²) < 4.78 is 15.8. The van der Waals surface area contributed by atoms with Crippen LogP contribution in [0.2, 0.25) is 0 Å². The number of fused-ring (bicyclic) bond motifs is 2. The molecule has 0 radical (unpaired) electrons. The third-order valence-corrected chi connectivity index (χ3v) is 5.91. The van der Waals surface area contributed by atoms with Crippen LogP contribution in [-0.4, -0.2) is 47.0 Å². The van der Waals surface area contributed by atoms with Gasteiger partial charge < -0.3 is 19.3 Å². The molecular weight excluding hydrogens is 434 g/mol. The highest BCUT2D eigenvalue weighted by atomic mass is 32.2. The van der Waals surface area contributed by atoms with E-state index >= 15 is 0 Å². The van der Waals surface area contributed by atoms with E-state index in [1.807, 2.05) is 18.2 Å². The Bertz CT molecular complexity index is 1270. The SMILES string of the molecule is O=C(Cc1noc2ccccc12)NCCN1C(=O)S/C(=C\c2ccc3c(c2)OCO3)C1=O. The minimum Gasteiger partial charge on any atom is -0.454 e. The molecule has 0 unspecified atom stereocenters. The highest BCUT2D eigenvalue weighted by Crippen LogP contribution is 2.36. The molecule has 3 heterocycles. The van der Waals surface area contributed by atoms with Crippen LogP contribution in [0.25, 0.3) is 17.0 Å². The summed E-state index contributed by atoms with van der Waals surface area (Å²) in [6.07, 6.45) is 1.68. The first-order chi connectivity index (χ1) is 15.6. The third-order valence-electron chi connectivity index (χ3n) is 5.01. The zero-order chi connectivity index (χ0) is 22.1. The van der Waals surface area contributed by atoms with Gasteiger partial charge in [-0.1, -0.05) is 23.4 Å². The van der Waals surface area contributed by atoms with Crippen LogP contribution in [0, 0.1) is 0 Å². The zero-order valence-corrected chi connectivity index (χ0v) is 17.5. The number of thioether (sulfide) groups is 1. The Balaban J connectivity index is 1.17. The van der Waals surface area contributed by atoms with Crippen molar-refractivity contribution in [2.75, 3.05) is 19.9 Å². The van der Waals surface area contributed by atoms with Crippen LogP contribution in [0.15, 0.2) is 51.9 Å². The van der Waals surface area contributed by atoms with E-state index in [9.17, 15) is 14.4 Å². The first-order valence-electron chi connectivity index (χ1n) is 9.83. The van der Waals surface area contributed by atoms with Crippen molar-refractivity contribution in [3.05, 3.63) is 58.6 Å². The van der Waals surface area contributed by atoms with Crippen LogP contribution in [0.3, 0.4) is 0 Å². The van der Waals surface area contributed by atoms with Gasteiger partial charge >= 0.3 is 0 Å². The summed E-state index contributed by atoms with van der Waals surface area (Å²) in [5.41, 5.74) is 1.88. The Morgan fingerprint density at radius 1 is 1.16 bits per heavy atom. The molecule has 3 amide bonds. The fraction of sp³-hybridized carbons (Fsp3) is 0.182. The number of ether oxygens (including phenoxy) is 2. The summed E-state index contributed by atoms with van der Waals surface area (Å²) in [5.74, 6) is 0.575. The topological polar surface area (TPSA) is 111 Å². The Labute approximate surface area is 186 Å². The number of benzene rings is 2. The van der Waals surface area contributed by atoms with Crippen LogP contribution in [0.1, 0.15) is 11.3 Å². The molecule has 32 heavy (non-hydrogen) atoms. The molecule has 1 saturated heterocycles. The number of para-hydroxylation sites is 1. The lowest BCUT2D eigenvalue weighted by molar-refractivity contribution is -0.124. The molecule has 2 aliphatic rings. The number of rotatable bonds is 6. The first kappa shape index (κ1) is 20.1. The monoisotopic (exact) mass is 451 g/mol. The number of imide groups is 1. The first-order valence-corrected chi connectivity index (χ1v) is 10.6. The summed E-state index contributed by atoms with van der Waals surface area (Å²) in [7, 11) is 0. The fourth-order valence-electron chi connectivity index (χ4n) is 3.43. The van der Waals surface area contributed by atoms with Crippen LogP contribution in [-0.2, 0) is 16.0 Å². The van der Waals surface area contributed by atoms with Gasteiger partial charge in [-0.2, -0.15) is 0 Å². The zero-order valence-electron chi connectivity index (χ0n) is 16.7. The molecule has 0 saturated carbocycles.